The number of carbonyl (C=O) groups excluding carboxylic acids is 1. The van der Waals surface area contributed by atoms with Gasteiger partial charge in [0.05, 0.1) is 11.3 Å². The van der Waals surface area contributed by atoms with Crippen LogP contribution in [0.3, 0.4) is 0 Å². The smallest absolute Gasteiger partial charge is 0.338 e. The summed E-state index contributed by atoms with van der Waals surface area (Å²) in [6.45, 7) is 0.237. The molecule has 0 aliphatic carbocycles. The molecule has 1 aromatic heterocycles. The predicted octanol–water partition coefficient (Wildman–Crippen LogP) is 2.78. The highest BCUT2D eigenvalue weighted by Crippen LogP contribution is 2.13. The molecule has 0 N–H and O–H groups in total. The maximum atomic E-state index is 12.0. The minimum Gasteiger partial charge on any atom is -0.457 e. The van der Waals surface area contributed by atoms with Crippen molar-refractivity contribution in [1.82, 2.24) is 20.2 Å². The van der Waals surface area contributed by atoms with Crippen molar-refractivity contribution in [3.63, 3.8) is 0 Å². The number of carbonyl (C=O) groups is 1. The summed E-state index contributed by atoms with van der Waals surface area (Å²) in [5.41, 5.74) is 2.19. The average Bonchev–Trinajstić information content (AvgIpc) is 3.09. The second-order valence-electron chi connectivity index (χ2n) is 4.50. The van der Waals surface area contributed by atoms with Gasteiger partial charge in [-0.1, -0.05) is 28.1 Å². The fourth-order valence-corrected chi connectivity index (χ4v) is 2.11. The van der Waals surface area contributed by atoms with E-state index in [9.17, 15) is 4.79 Å². The molecule has 2 aromatic carbocycles. The lowest BCUT2D eigenvalue weighted by Crippen LogP contribution is -2.05. The van der Waals surface area contributed by atoms with E-state index in [1.807, 2.05) is 24.3 Å². The number of hydrogen-bond donors (Lipinski definition) is 0. The summed E-state index contributed by atoms with van der Waals surface area (Å²) in [4.78, 5) is 12.0. The molecule has 0 amide bonds. The minimum absolute atomic E-state index is 0.237. The summed E-state index contributed by atoms with van der Waals surface area (Å²) in [5.74, 6) is -0.369. The third-order valence-electron chi connectivity index (χ3n) is 3.00. The number of aromatic nitrogens is 4. The fraction of sp³-hybridized carbons (Fsp3) is 0.0667. The van der Waals surface area contributed by atoms with Crippen LogP contribution in [0.25, 0.3) is 5.69 Å². The Hall–Kier alpha value is -2.54. The molecule has 6 nitrogen and oxygen atoms in total. The largest absolute Gasteiger partial charge is 0.457 e. The van der Waals surface area contributed by atoms with E-state index in [1.54, 1.807) is 24.3 Å². The first-order valence-corrected chi connectivity index (χ1v) is 7.27. The standard InChI is InChI=1S/C15H11BrN4O2/c16-13-5-1-11(2-6-13)9-22-15(21)12-3-7-14(8-4-12)20-10-17-18-19-20/h1-8,10H,9H2. The van der Waals surface area contributed by atoms with Crippen molar-refractivity contribution in [2.24, 2.45) is 0 Å². The van der Waals surface area contributed by atoms with Crippen molar-refractivity contribution in [3.05, 3.63) is 70.5 Å². The molecule has 3 rings (SSSR count). The SMILES string of the molecule is O=C(OCc1ccc(Br)cc1)c1ccc(-n2cnnn2)cc1. The van der Waals surface area contributed by atoms with Gasteiger partial charge < -0.3 is 4.74 Å². The first kappa shape index (κ1) is 14.4. The van der Waals surface area contributed by atoms with Crippen molar-refractivity contribution in [2.75, 3.05) is 0 Å². The Morgan fingerprint density at radius 1 is 1.09 bits per heavy atom. The fourth-order valence-electron chi connectivity index (χ4n) is 1.84. The molecular weight excluding hydrogens is 348 g/mol. The summed E-state index contributed by atoms with van der Waals surface area (Å²) in [5, 5.41) is 10.9. The first-order valence-electron chi connectivity index (χ1n) is 6.47. The zero-order valence-corrected chi connectivity index (χ0v) is 13.0. The average molecular weight is 359 g/mol. The third kappa shape index (κ3) is 3.37. The zero-order chi connectivity index (χ0) is 15.4. The van der Waals surface area contributed by atoms with Crippen molar-refractivity contribution in [1.29, 1.82) is 0 Å². The molecule has 0 atom stereocenters. The number of benzene rings is 2. The van der Waals surface area contributed by atoms with Crippen LogP contribution < -0.4 is 0 Å². The second-order valence-corrected chi connectivity index (χ2v) is 5.42. The molecule has 0 radical (unpaired) electrons. The lowest BCUT2D eigenvalue weighted by molar-refractivity contribution is 0.0472. The maximum absolute atomic E-state index is 12.0. The number of hydrogen-bond acceptors (Lipinski definition) is 5. The normalized spacial score (nSPS) is 10.4. The van der Waals surface area contributed by atoms with Crippen LogP contribution in [-0.2, 0) is 11.3 Å². The van der Waals surface area contributed by atoms with Crippen LogP contribution in [0.4, 0.5) is 0 Å². The lowest BCUT2D eigenvalue weighted by Gasteiger charge is -2.06. The maximum Gasteiger partial charge on any atom is 0.338 e. The van der Waals surface area contributed by atoms with Crippen molar-refractivity contribution in [3.8, 4) is 5.69 Å². The van der Waals surface area contributed by atoms with Gasteiger partial charge in [-0.15, -0.1) is 5.10 Å². The van der Waals surface area contributed by atoms with Crippen LogP contribution in [0.1, 0.15) is 15.9 Å². The van der Waals surface area contributed by atoms with Gasteiger partial charge in [0.2, 0.25) is 0 Å². The molecule has 0 aliphatic heterocycles. The quantitative estimate of drug-likeness (QED) is 0.670. The van der Waals surface area contributed by atoms with Crippen LogP contribution in [0.5, 0.6) is 0 Å². The van der Waals surface area contributed by atoms with E-state index in [2.05, 4.69) is 31.5 Å². The summed E-state index contributed by atoms with van der Waals surface area (Å²) < 4.78 is 7.78. The molecule has 0 spiro atoms. The Balaban J connectivity index is 1.63. The molecule has 22 heavy (non-hydrogen) atoms. The van der Waals surface area contributed by atoms with E-state index < -0.39 is 0 Å². The van der Waals surface area contributed by atoms with E-state index in [0.29, 0.717) is 5.56 Å². The highest BCUT2D eigenvalue weighted by atomic mass is 79.9. The van der Waals surface area contributed by atoms with Gasteiger partial charge in [-0.05, 0) is 52.4 Å². The predicted molar refractivity (Wildman–Crippen MR) is 82.4 cm³/mol. The Morgan fingerprint density at radius 2 is 1.82 bits per heavy atom. The number of tetrazole rings is 1. The van der Waals surface area contributed by atoms with Crippen molar-refractivity contribution < 1.29 is 9.53 Å². The van der Waals surface area contributed by atoms with Crippen LogP contribution in [-0.4, -0.2) is 26.2 Å². The number of nitrogens with zero attached hydrogens (tertiary/aromatic N) is 4. The Morgan fingerprint density at radius 3 is 2.45 bits per heavy atom. The molecule has 0 fully saturated rings. The molecule has 0 unspecified atom stereocenters. The molecule has 3 aromatic rings. The highest BCUT2D eigenvalue weighted by Gasteiger charge is 2.08. The van der Waals surface area contributed by atoms with E-state index in [4.69, 9.17) is 4.74 Å². The zero-order valence-electron chi connectivity index (χ0n) is 11.4. The number of rotatable bonds is 4. The number of halogens is 1. The molecule has 110 valence electrons. The van der Waals surface area contributed by atoms with E-state index >= 15 is 0 Å². The Kier molecular flexibility index (Phi) is 4.24. The van der Waals surface area contributed by atoms with Crippen LogP contribution >= 0.6 is 15.9 Å². The van der Waals surface area contributed by atoms with Gasteiger partial charge in [-0.2, -0.15) is 0 Å². The first-order chi connectivity index (χ1) is 10.7. The van der Waals surface area contributed by atoms with Gasteiger partial charge >= 0.3 is 5.97 Å². The van der Waals surface area contributed by atoms with Gasteiger partial charge in [0.15, 0.2) is 0 Å². The topological polar surface area (TPSA) is 69.9 Å². The van der Waals surface area contributed by atoms with E-state index in [1.165, 1.54) is 11.0 Å². The van der Waals surface area contributed by atoms with Gasteiger partial charge in [-0.3, -0.25) is 0 Å². The summed E-state index contributed by atoms with van der Waals surface area (Å²) in [7, 11) is 0. The number of ether oxygens (including phenoxy) is 1. The monoisotopic (exact) mass is 358 g/mol. The molecule has 7 heteroatoms. The van der Waals surface area contributed by atoms with Gasteiger partial charge in [0.1, 0.15) is 12.9 Å². The van der Waals surface area contributed by atoms with Gasteiger partial charge in [-0.25, -0.2) is 9.48 Å². The van der Waals surface area contributed by atoms with E-state index in [0.717, 1.165) is 15.7 Å². The van der Waals surface area contributed by atoms with Crippen molar-refractivity contribution in [2.45, 2.75) is 6.61 Å². The van der Waals surface area contributed by atoms with Gasteiger partial charge in [0.25, 0.3) is 0 Å². The van der Waals surface area contributed by atoms with E-state index in [-0.39, 0.29) is 12.6 Å². The Bertz CT molecular complexity index is 755. The third-order valence-corrected chi connectivity index (χ3v) is 3.53. The minimum atomic E-state index is -0.369. The molecule has 0 aliphatic rings. The second kappa shape index (κ2) is 6.48. The van der Waals surface area contributed by atoms with Crippen LogP contribution in [0.2, 0.25) is 0 Å². The molecule has 0 saturated carbocycles. The Labute approximate surface area is 134 Å². The van der Waals surface area contributed by atoms with Gasteiger partial charge in [0, 0.05) is 4.47 Å². The lowest BCUT2D eigenvalue weighted by atomic mass is 10.2. The molecular formula is C15H11BrN4O2. The van der Waals surface area contributed by atoms with Crippen LogP contribution in [0, 0.1) is 0 Å². The van der Waals surface area contributed by atoms with Crippen molar-refractivity contribution >= 4 is 21.9 Å². The summed E-state index contributed by atoms with van der Waals surface area (Å²) >= 11 is 3.36. The molecule has 0 saturated heterocycles. The number of esters is 1. The summed E-state index contributed by atoms with van der Waals surface area (Å²) in [6.07, 6.45) is 1.49. The molecule has 0 bridgehead atoms. The summed E-state index contributed by atoms with van der Waals surface area (Å²) in [6, 6.07) is 14.5. The highest BCUT2D eigenvalue weighted by molar-refractivity contribution is 9.10. The van der Waals surface area contributed by atoms with Crippen LogP contribution in [0.15, 0.2) is 59.3 Å². The molecule has 1 heterocycles.